The molecule has 3 N–H and O–H groups in total. The van der Waals surface area contributed by atoms with E-state index in [0.717, 1.165) is 11.1 Å². The number of rotatable bonds is 4. The van der Waals surface area contributed by atoms with Crippen molar-refractivity contribution in [2.24, 2.45) is 10.7 Å². The summed E-state index contributed by atoms with van der Waals surface area (Å²) in [5, 5.41) is 2.74. The summed E-state index contributed by atoms with van der Waals surface area (Å²) in [5.41, 5.74) is 7.19. The van der Waals surface area contributed by atoms with Gasteiger partial charge in [0, 0.05) is 17.8 Å². The fraction of sp³-hybridized carbons (Fsp3) is 0.263. The average Bonchev–Trinajstić information content (AvgIpc) is 2.88. The molecule has 7 nitrogen and oxygen atoms in total. The molecule has 2 heterocycles. The summed E-state index contributed by atoms with van der Waals surface area (Å²) in [7, 11) is 1.47. The number of aromatic nitrogens is 2. The molecule has 0 saturated carbocycles. The number of halogens is 1. The van der Waals surface area contributed by atoms with Crippen molar-refractivity contribution in [3.8, 4) is 0 Å². The number of hydrogen-bond acceptors (Lipinski definition) is 6. The Balaban J connectivity index is 1.81. The number of carbonyl (C=O) groups excluding carboxylic acids is 1. The second-order valence-corrected chi connectivity index (χ2v) is 6.62. The van der Waals surface area contributed by atoms with Crippen molar-refractivity contribution in [2.45, 2.75) is 25.8 Å². The highest BCUT2D eigenvalue weighted by Crippen LogP contribution is 2.35. The fourth-order valence-electron chi connectivity index (χ4n) is 2.59. The Hall–Kier alpha value is -3.29. The van der Waals surface area contributed by atoms with E-state index in [2.05, 4.69) is 20.3 Å². The van der Waals surface area contributed by atoms with E-state index in [-0.39, 0.29) is 29.1 Å². The standard InChI is InChI=1S/C19H20FN5O2/c1-19(2)13-10-23-17(24-16(13)25-18(19)26)14(21)8-15(27-3)22-9-11-4-6-12(20)7-5-11/h4-8,10H,9,21H2,1-3H3,(H,23,24,25,26). The molecule has 0 fully saturated rings. The lowest BCUT2D eigenvalue weighted by molar-refractivity contribution is -0.119. The predicted octanol–water partition coefficient (Wildman–Crippen LogP) is 2.39. The van der Waals surface area contributed by atoms with Gasteiger partial charge in [-0.05, 0) is 31.5 Å². The van der Waals surface area contributed by atoms with Crippen LogP contribution in [0.1, 0.15) is 30.8 Å². The highest BCUT2D eigenvalue weighted by molar-refractivity contribution is 6.04. The van der Waals surface area contributed by atoms with Crippen LogP contribution in [0, 0.1) is 5.82 Å². The molecule has 1 aromatic heterocycles. The Labute approximate surface area is 156 Å². The Morgan fingerprint density at radius 2 is 2.07 bits per heavy atom. The number of methoxy groups -OCH3 is 1. The lowest BCUT2D eigenvalue weighted by Gasteiger charge is -2.13. The van der Waals surface area contributed by atoms with Crippen LogP contribution in [-0.2, 0) is 21.5 Å². The Morgan fingerprint density at radius 1 is 1.37 bits per heavy atom. The third kappa shape index (κ3) is 3.79. The van der Waals surface area contributed by atoms with E-state index in [0.29, 0.717) is 12.4 Å². The van der Waals surface area contributed by atoms with E-state index in [1.807, 2.05) is 13.8 Å². The first kappa shape index (κ1) is 18.5. The summed E-state index contributed by atoms with van der Waals surface area (Å²) in [4.78, 5) is 24.9. The maximum absolute atomic E-state index is 13.0. The fourth-order valence-corrected chi connectivity index (χ4v) is 2.59. The van der Waals surface area contributed by atoms with Crippen LogP contribution in [0.25, 0.3) is 5.70 Å². The van der Waals surface area contributed by atoms with Crippen molar-refractivity contribution < 1.29 is 13.9 Å². The van der Waals surface area contributed by atoms with E-state index in [4.69, 9.17) is 10.5 Å². The number of aliphatic imine (C=N–C) groups is 1. The van der Waals surface area contributed by atoms with E-state index >= 15 is 0 Å². The summed E-state index contributed by atoms with van der Waals surface area (Å²) in [6.45, 7) is 3.92. The first-order valence-corrected chi connectivity index (χ1v) is 8.30. The quantitative estimate of drug-likeness (QED) is 0.636. The van der Waals surface area contributed by atoms with Gasteiger partial charge in [0.25, 0.3) is 0 Å². The van der Waals surface area contributed by atoms with E-state index in [1.165, 1.54) is 25.3 Å². The van der Waals surface area contributed by atoms with E-state index < -0.39 is 5.41 Å². The second kappa shape index (κ2) is 7.14. The van der Waals surface area contributed by atoms with Gasteiger partial charge < -0.3 is 15.8 Å². The number of ether oxygens (including phenoxy) is 1. The van der Waals surface area contributed by atoms with Gasteiger partial charge in [-0.3, -0.25) is 4.79 Å². The van der Waals surface area contributed by atoms with Crippen LogP contribution in [0.15, 0.2) is 41.5 Å². The topological polar surface area (TPSA) is 102 Å². The van der Waals surface area contributed by atoms with Gasteiger partial charge in [0.2, 0.25) is 11.8 Å². The van der Waals surface area contributed by atoms with Crippen molar-refractivity contribution in [1.29, 1.82) is 0 Å². The molecule has 0 atom stereocenters. The zero-order valence-corrected chi connectivity index (χ0v) is 15.3. The highest BCUT2D eigenvalue weighted by atomic mass is 19.1. The maximum atomic E-state index is 13.0. The number of nitrogens with zero attached hydrogens (tertiary/aromatic N) is 3. The molecule has 0 aliphatic carbocycles. The van der Waals surface area contributed by atoms with Gasteiger partial charge in [-0.25, -0.2) is 19.4 Å². The lowest BCUT2D eigenvalue weighted by Crippen LogP contribution is -2.26. The summed E-state index contributed by atoms with van der Waals surface area (Å²) in [6, 6.07) is 6.03. The normalized spacial score (nSPS) is 16.1. The molecule has 27 heavy (non-hydrogen) atoms. The third-order valence-corrected chi connectivity index (χ3v) is 4.34. The van der Waals surface area contributed by atoms with Crippen molar-refractivity contribution in [2.75, 3.05) is 12.4 Å². The maximum Gasteiger partial charge on any atom is 0.235 e. The molecule has 0 spiro atoms. The Kier molecular flexibility index (Phi) is 4.89. The van der Waals surface area contributed by atoms with Crippen LogP contribution >= 0.6 is 0 Å². The third-order valence-electron chi connectivity index (χ3n) is 4.34. The van der Waals surface area contributed by atoms with Gasteiger partial charge in [0.05, 0.1) is 24.8 Å². The molecular weight excluding hydrogens is 349 g/mol. The average molecular weight is 369 g/mol. The monoisotopic (exact) mass is 369 g/mol. The second-order valence-electron chi connectivity index (χ2n) is 6.62. The van der Waals surface area contributed by atoms with Crippen molar-refractivity contribution in [1.82, 2.24) is 9.97 Å². The number of carbonyl (C=O) groups is 1. The van der Waals surface area contributed by atoms with Crippen LogP contribution in [0.3, 0.4) is 0 Å². The number of anilines is 1. The van der Waals surface area contributed by atoms with Crippen molar-refractivity contribution in [3.63, 3.8) is 0 Å². The molecule has 0 saturated heterocycles. The van der Waals surface area contributed by atoms with Crippen molar-refractivity contribution in [3.05, 3.63) is 59.3 Å². The number of fused-ring (bicyclic) bond motifs is 1. The van der Waals surface area contributed by atoms with E-state index in [9.17, 15) is 9.18 Å². The zero-order chi connectivity index (χ0) is 19.6. The minimum absolute atomic E-state index is 0.134. The van der Waals surface area contributed by atoms with Crippen LogP contribution in [0.5, 0.6) is 0 Å². The minimum atomic E-state index is -0.680. The molecule has 1 aliphatic rings. The molecule has 0 unspecified atom stereocenters. The minimum Gasteiger partial charge on any atom is -0.481 e. The van der Waals surface area contributed by atoms with Crippen LogP contribution in [0.2, 0.25) is 0 Å². The molecule has 3 rings (SSSR count). The molecular formula is C19H20FN5O2. The Morgan fingerprint density at radius 3 is 2.74 bits per heavy atom. The summed E-state index contributed by atoms with van der Waals surface area (Å²) >= 11 is 0. The zero-order valence-electron chi connectivity index (χ0n) is 15.3. The first-order valence-electron chi connectivity index (χ1n) is 8.30. The van der Waals surface area contributed by atoms with Crippen LogP contribution < -0.4 is 11.1 Å². The van der Waals surface area contributed by atoms with Gasteiger partial charge in [-0.2, -0.15) is 0 Å². The number of benzene rings is 1. The molecule has 1 amide bonds. The smallest absolute Gasteiger partial charge is 0.235 e. The predicted molar refractivity (Wildman–Crippen MR) is 100 cm³/mol. The SMILES string of the molecule is COC(C=C(N)c1ncc2c(n1)NC(=O)C2(C)C)=NCc1ccc(F)cc1. The summed E-state index contributed by atoms with van der Waals surface area (Å²) in [6.07, 6.45) is 3.10. The molecule has 0 bridgehead atoms. The Bertz CT molecular complexity index is 936. The molecule has 8 heteroatoms. The number of hydrogen-bond donors (Lipinski definition) is 2. The summed E-state index contributed by atoms with van der Waals surface area (Å²) in [5.74, 6) is 0.560. The molecule has 0 radical (unpaired) electrons. The van der Waals surface area contributed by atoms with Crippen molar-refractivity contribution >= 4 is 23.3 Å². The van der Waals surface area contributed by atoms with Gasteiger partial charge >= 0.3 is 0 Å². The first-order chi connectivity index (χ1) is 12.8. The highest BCUT2D eigenvalue weighted by Gasteiger charge is 2.39. The summed E-state index contributed by atoms with van der Waals surface area (Å²) < 4.78 is 18.2. The van der Waals surface area contributed by atoms with Crippen LogP contribution in [0.4, 0.5) is 10.2 Å². The molecule has 1 aliphatic heterocycles. The van der Waals surface area contributed by atoms with Gasteiger partial charge in [-0.15, -0.1) is 0 Å². The number of nitrogens with two attached hydrogens (primary N) is 1. The lowest BCUT2D eigenvalue weighted by atomic mass is 9.88. The molecule has 2 aromatic rings. The van der Waals surface area contributed by atoms with Gasteiger partial charge in [-0.1, -0.05) is 12.1 Å². The van der Waals surface area contributed by atoms with Gasteiger partial charge in [0.15, 0.2) is 5.82 Å². The van der Waals surface area contributed by atoms with Gasteiger partial charge in [0.1, 0.15) is 11.6 Å². The van der Waals surface area contributed by atoms with E-state index in [1.54, 1.807) is 18.3 Å². The number of nitrogens with one attached hydrogen (secondary N) is 1. The molecule has 140 valence electrons. The largest absolute Gasteiger partial charge is 0.481 e. The molecule has 1 aromatic carbocycles. The van der Waals surface area contributed by atoms with Crippen LogP contribution in [-0.4, -0.2) is 28.9 Å². The number of amides is 1.